The molecule has 0 saturated carbocycles. The summed E-state index contributed by atoms with van der Waals surface area (Å²) in [6.45, 7) is -1.07. The zero-order chi connectivity index (χ0) is 9.07. The zero-order valence-corrected chi connectivity index (χ0v) is 5.70. The summed E-state index contributed by atoms with van der Waals surface area (Å²) in [6.07, 6.45) is -5.08. The van der Waals surface area contributed by atoms with Crippen molar-refractivity contribution in [1.82, 2.24) is 0 Å². The van der Waals surface area contributed by atoms with Crippen molar-refractivity contribution >= 4 is 22.8 Å². The van der Waals surface area contributed by atoms with Crippen LogP contribution >= 0.6 is 11.6 Å². The van der Waals surface area contributed by atoms with Crippen molar-refractivity contribution in [2.24, 2.45) is 0 Å². The minimum Gasteiger partial charge on any atom is -0.450 e. The Labute approximate surface area is 64.1 Å². The second kappa shape index (κ2) is 3.56. The number of carbonyl (C=O) groups excluding carboxylic acids is 2. The molecular weight excluding hydrogens is 188 g/mol. The highest BCUT2D eigenvalue weighted by Gasteiger charge is 2.41. The Morgan fingerprint density at radius 3 is 2.09 bits per heavy atom. The summed E-state index contributed by atoms with van der Waals surface area (Å²) in [6, 6.07) is 0. The standard InChI is InChI=1S/C4H2ClF3O3/c5-2(9)1-11-3(10)4(6,7)8/h1H2. The molecule has 0 aromatic carbocycles. The Morgan fingerprint density at radius 1 is 1.36 bits per heavy atom. The third-order valence-electron chi connectivity index (χ3n) is 0.548. The van der Waals surface area contributed by atoms with Gasteiger partial charge in [-0.05, 0) is 11.6 Å². The van der Waals surface area contributed by atoms with Gasteiger partial charge in [-0.3, -0.25) is 4.79 Å². The molecule has 0 aromatic rings. The number of carbonyl (C=O) groups is 2. The Bertz CT molecular complexity index is 176. The highest BCUT2D eigenvalue weighted by atomic mass is 35.5. The molecule has 0 atom stereocenters. The van der Waals surface area contributed by atoms with Crippen LogP contribution in [0.2, 0.25) is 0 Å². The van der Waals surface area contributed by atoms with Gasteiger partial charge in [-0.2, -0.15) is 13.2 Å². The second-order valence-electron chi connectivity index (χ2n) is 1.43. The third-order valence-corrected chi connectivity index (χ3v) is 0.657. The molecule has 0 aliphatic carbocycles. The lowest BCUT2D eigenvalue weighted by molar-refractivity contribution is -0.199. The molecule has 0 bridgehead atoms. The van der Waals surface area contributed by atoms with Crippen LogP contribution in [0.3, 0.4) is 0 Å². The van der Waals surface area contributed by atoms with Crippen LogP contribution in [0.1, 0.15) is 0 Å². The first-order chi connectivity index (χ1) is 4.84. The smallest absolute Gasteiger partial charge is 0.450 e. The molecule has 0 saturated heterocycles. The van der Waals surface area contributed by atoms with E-state index in [1.807, 2.05) is 0 Å². The lowest BCUT2D eigenvalue weighted by Crippen LogP contribution is -2.26. The van der Waals surface area contributed by atoms with E-state index in [1.54, 1.807) is 0 Å². The number of esters is 1. The van der Waals surface area contributed by atoms with Crippen molar-refractivity contribution in [2.45, 2.75) is 6.18 Å². The van der Waals surface area contributed by atoms with E-state index in [-0.39, 0.29) is 0 Å². The fourth-order valence-electron chi connectivity index (χ4n) is 0.204. The van der Waals surface area contributed by atoms with Crippen LogP contribution in [0.5, 0.6) is 0 Å². The molecular formula is C4H2ClF3O3. The fraction of sp³-hybridized carbons (Fsp3) is 0.500. The number of rotatable bonds is 2. The minimum atomic E-state index is -5.08. The number of hydrogen-bond donors (Lipinski definition) is 0. The first kappa shape index (κ1) is 10.2. The molecule has 0 aromatic heterocycles. The molecule has 0 fully saturated rings. The van der Waals surface area contributed by atoms with Crippen LogP contribution in [0.4, 0.5) is 13.2 Å². The van der Waals surface area contributed by atoms with E-state index in [1.165, 1.54) is 0 Å². The number of alkyl halides is 3. The lowest BCUT2D eigenvalue weighted by Gasteiger charge is -2.03. The molecule has 7 heteroatoms. The molecule has 0 rings (SSSR count). The third kappa shape index (κ3) is 4.60. The van der Waals surface area contributed by atoms with E-state index >= 15 is 0 Å². The minimum absolute atomic E-state index is 1.07. The second-order valence-corrected chi connectivity index (χ2v) is 1.85. The molecule has 3 nitrogen and oxygen atoms in total. The Hall–Kier alpha value is -0.780. The average molecular weight is 191 g/mol. The number of halogens is 4. The summed E-state index contributed by atoms with van der Waals surface area (Å²) in [7, 11) is 0. The van der Waals surface area contributed by atoms with Crippen molar-refractivity contribution in [3.63, 3.8) is 0 Å². The normalized spacial score (nSPS) is 10.9. The van der Waals surface area contributed by atoms with Crippen LogP contribution in [0, 0.1) is 0 Å². The van der Waals surface area contributed by atoms with Gasteiger partial charge in [-0.25, -0.2) is 4.79 Å². The van der Waals surface area contributed by atoms with Gasteiger partial charge in [0.2, 0.25) is 0 Å². The van der Waals surface area contributed by atoms with Gasteiger partial charge < -0.3 is 4.74 Å². The molecule has 0 unspecified atom stereocenters. The van der Waals surface area contributed by atoms with Crippen molar-refractivity contribution in [3.05, 3.63) is 0 Å². The molecule has 0 amide bonds. The van der Waals surface area contributed by atoms with Gasteiger partial charge in [0.05, 0.1) is 0 Å². The van der Waals surface area contributed by atoms with E-state index in [4.69, 9.17) is 0 Å². The molecule has 64 valence electrons. The Balaban J connectivity index is 3.80. The van der Waals surface area contributed by atoms with Gasteiger partial charge in [0.15, 0.2) is 6.61 Å². The van der Waals surface area contributed by atoms with E-state index < -0.39 is 24.0 Å². The predicted molar refractivity (Wildman–Crippen MR) is 27.9 cm³/mol. The molecule has 0 spiro atoms. The lowest BCUT2D eigenvalue weighted by atomic mass is 10.6. The van der Waals surface area contributed by atoms with Crippen molar-refractivity contribution in [3.8, 4) is 0 Å². The predicted octanol–water partition coefficient (Wildman–Crippen LogP) is 0.857. The molecule has 0 heterocycles. The average Bonchev–Trinajstić information content (AvgIpc) is 1.80. The van der Waals surface area contributed by atoms with E-state index in [2.05, 4.69) is 16.3 Å². The number of hydrogen-bond acceptors (Lipinski definition) is 3. The summed E-state index contributed by atoms with van der Waals surface area (Å²) in [5.41, 5.74) is 0. The summed E-state index contributed by atoms with van der Waals surface area (Å²) < 4.78 is 37.2. The van der Waals surface area contributed by atoms with E-state index in [0.29, 0.717) is 0 Å². The monoisotopic (exact) mass is 190 g/mol. The topological polar surface area (TPSA) is 43.4 Å². The molecule has 11 heavy (non-hydrogen) atoms. The Morgan fingerprint density at radius 2 is 1.82 bits per heavy atom. The van der Waals surface area contributed by atoms with Gasteiger partial charge in [0.25, 0.3) is 5.24 Å². The molecule has 0 N–H and O–H groups in total. The first-order valence-electron chi connectivity index (χ1n) is 2.26. The van der Waals surface area contributed by atoms with Crippen LogP contribution in [-0.2, 0) is 14.3 Å². The van der Waals surface area contributed by atoms with Crippen LogP contribution in [0.25, 0.3) is 0 Å². The molecule has 0 radical (unpaired) electrons. The maximum Gasteiger partial charge on any atom is 0.490 e. The van der Waals surface area contributed by atoms with Crippen molar-refractivity contribution in [2.75, 3.05) is 6.61 Å². The largest absolute Gasteiger partial charge is 0.490 e. The summed E-state index contributed by atoms with van der Waals surface area (Å²) in [4.78, 5) is 19.6. The maximum absolute atomic E-state index is 11.3. The quantitative estimate of drug-likeness (QED) is 0.479. The zero-order valence-electron chi connectivity index (χ0n) is 4.94. The maximum atomic E-state index is 11.3. The highest BCUT2D eigenvalue weighted by Crippen LogP contribution is 2.16. The summed E-state index contributed by atoms with van der Waals surface area (Å²) in [5.74, 6) is -2.42. The van der Waals surface area contributed by atoms with Crippen LogP contribution in [-0.4, -0.2) is 24.0 Å². The van der Waals surface area contributed by atoms with Gasteiger partial charge in [-0.1, -0.05) is 0 Å². The van der Waals surface area contributed by atoms with Crippen molar-refractivity contribution in [1.29, 1.82) is 0 Å². The van der Waals surface area contributed by atoms with Gasteiger partial charge >= 0.3 is 12.1 Å². The first-order valence-corrected chi connectivity index (χ1v) is 2.64. The van der Waals surface area contributed by atoms with Crippen molar-refractivity contribution < 1.29 is 27.5 Å². The van der Waals surface area contributed by atoms with E-state index in [0.717, 1.165) is 0 Å². The van der Waals surface area contributed by atoms with Crippen LogP contribution in [0.15, 0.2) is 0 Å². The van der Waals surface area contributed by atoms with Gasteiger partial charge in [0, 0.05) is 0 Å². The summed E-state index contributed by atoms with van der Waals surface area (Å²) in [5, 5.41) is -1.16. The number of ether oxygens (including phenoxy) is 1. The van der Waals surface area contributed by atoms with Gasteiger partial charge in [0.1, 0.15) is 0 Å². The van der Waals surface area contributed by atoms with Gasteiger partial charge in [-0.15, -0.1) is 0 Å². The van der Waals surface area contributed by atoms with Crippen LogP contribution < -0.4 is 0 Å². The molecule has 0 aliphatic rings. The highest BCUT2D eigenvalue weighted by molar-refractivity contribution is 6.64. The fourth-order valence-corrected chi connectivity index (χ4v) is 0.259. The van der Waals surface area contributed by atoms with E-state index in [9.17, 15) is 22.8 Å². The Kier molecular flexibility index (Phi) is 3.31. The summed E-state index contributed by atoms with van der Waals surface area (Å²) >= 11 is 4.59. The molecule has 0 aliphatic heterocycles. The SMILES string of the molecule is O=C(Cl)COC(=O)C(F)(F)F.